The van der Waals surface area contributed by atoms with E-state index in [1.807, 2.05) is 30.6 Å². The average Bonchev–Trinajstić information content (AvgIpc) is 3.05. The van der Waals surface area contributed by atoms with Crippen molar-refractivity contribution in [2.24, 2.45) is 0 Å². The summed E-state index contributed by atoms with van der Waals surface area (Å²) in [6.07, 6.45) is 4.40. The van der Waals surface area contributed by atoms with Gasteiger partial charge in [0.1, 0.15) is 17.2 Å². The number of hydrogen-bond acceptors (Lipinski definition) is 4. The Kier molecular flexibility index (Phi) is 4.78. The molecule has 7 heteroatoms. The van der Waals surface area contributed by atoms with Crippen molar-refractivity contribution in [3.63, 3.8) is 0 Å². The van der Waals surface area contributed by atoms with E-state index >= 15 is 0 Å². The highest BCUT2D eigenvalue weighted by atomic mass is 19.1. The normalized spacial score (nSPS) is 16.8. The Balaban J connectivity index is 1.52. The molecular formula is C20H23F2N5. The summed E-state index contributed by atoms with van der Waals surface area (Å²) in [6.45, 7) is 7.21. The van der Waals surface area contributed by atoms with E-state index in [-0.39, 0.29) is 6.04 Å². The maximum Gasteiger partial charge on any atom is 0.154 e. The summed E-state index contributed by atoms with van der Waals surface area (Å²) in [7, 11) is 0. The van der Waals surface area contributed by atoms with Crippen molar-refractivity contribution in [2.75, 3.05) is 31.1 Å². The van der Waals surface area contributed by atoms with E-state index in [1.165, 1.54) is 6.07 Å². The predicted octanol–water partition coefficient (Wildman–Crippen LogP) is 3.59. The smallest absolute Gasteiger partial charge is 0.154 e. The molecule has 1 fully saturated rings. The molecule has 27 heavy (non-hydrogen) atoms. The van der Waals surface area contributed by atoms with Crippen LogP contribution in [0.2, 0.25) is 0 Å². The van der Waals surface area contributed by atoms with Crippen LogP contribution in [0, 0.1) is 18.6 Å². The van der Waals surface area contributed by atoms with Gasteiger partial charge in [-0.2, -0.15) is 5.10 Å². The topological polar surface area (TPSA) is 36.7 Å². The molecule has 3 heterocycles. The van der Waals surface area contributed by atoms with E-state index in [0.29, 0.717) is 5.56 Å². The number of anilines is 1. The second-order valence-corrected chi connectivity index (χ2v) is 6.98. The van der Waals surface area contributed by atoms with Gasteiger partial charge in [-0.3, -0.25) is 4.90 Å². The zero-order valence-electron chi connectivity index (χ0n) is 15.6. The van der Waals surface area contributed by atoms with E-state index < -0.39 is 11.6 Å². The average molecular weight is 371 g/mol. The van der Waals surface area contributed by atoms with Crippen LogP contribution in [-0.2, 0) is 0 Å². The first-order valence-electron chi connectivity index (χ1n) is 9.31. The molecule has 0 spiro atoms. The molecule has 1 atom stereocenters. The Labute approximate surface area is 157 Å². The van der Waals surface area contributed by atoms with Gasteiger partial charge in [-0.05, 0) is 25.5 Å². The number of fused-ring (bicyclic) bond motifs is 1. The van der Waals surface area contributed by atoms with Crippen LogP contribution in [-0.4, -0.2) is 45.7 Å². The molecule has 1 aliphatic rings. The first-order chi connectivity index (χ1) is 13.1. The number of hydrogen-bond donors (Lipinski definition) is 0. The summed E-state index contributed by atoms with van der Waals surface area (Å²) in [4.78, 5) is 9.08. The highest BCUT2D eigenvalue weighted by molar-refractivity contribution is 5.69. The Morgan fingerprint density at radius 2 is 1.89 bits per heavy atom. The van der Waals surface area contributed by atoms with Crippen molar-refractivity contribution < 1.29 is 8.78 Å². The number of nitrogens with zero attached hydrogens (tertiary/aromatic N) is 5. The SMILES string of the molecule is CCC(c1ccc(F)cc1F)N1CCN(c2nccn3nc(C)cc23)CC1. The van der Waals surface area contributed by atoms with Crippen molar-refractivity contribution in [1.29, 1.82) is 0 Å². The third-order valence-electron chi connectivity index (χ3n) is 5.25. The van der Waals surface area contributed by atoms with Gasteiger partial charge in [-0.25, -0.2) is 18.3 Å². The predicted molar refractivity (Wildman–Crippen MR) is 101 cm³/mol. The fraction of sp³-hybridized carbons (Fsp3) is 0.400. The van der Waals surface area contributed by atoms with Crippen LogP contribution in [0.3, 0.4) is 0 Å². The monoisotopic (exact) mass is 371 g/mol. The summed E-state index contributed by atoms with van der Waals surface area (Å²) in [5, 5.41) is 4.45. The lowest BCUT2D eigenvalue weighted by Crippen LogP contribution is -2.48. The van der Waals surface area contributed by atoms with Gasteiger partial charge in [-0.1, -0.05) is 13.0 Å². The third kappa shape index (κ3) is 3.39. The highest BCUT2D eigenvalue weighted by Crippen LogP contribution is 2.29. The Hall–Kier alpha value is -2.54. The summed E-state index contributed by atoms with van der Waals surface area (Å²) in [6, 6.07) is 5.87. The minimum atomic E-state index is -0.536. The quantitative estimate of drug-likeness (QED) is 0.702. The third-order valence-corrected chi connectivity index (χ3v) is 5.25. The molecule has 0 radical (unpaired) electrons. The van der Waals surface area contributed by atoms with E-state index in [4.69, 9.17) is 0 Å². The van der Waals surface area contributed by atoms with Crippen LogP contribution in [0.15, 0.2) is 36.7 Å². The van der Waals surface area contributed by atoms with Crippen molar-refractivity contribution in [3.05, 3.63) is 59.6 Å². The number of benzene rings is 1. The largest absolute Gasteiger partial charge is 0.352 e. The van der Waals surface area contributed by atoms with Crippen LogP contribution in [0.4, 0.5) is 14.6 Å². The summed E-state index contributed by atoms with van der Waals surface area (Å²) < 4.78 is 29.4. The number of piperazine rings is 1. The van der Waals surface area contributed by atoms with Gasteiger partial charge in [0.05, 0.1) is 5.69 Å². The Morgan fingerprint density at radius 3 is 2.59 bits per heavy atom. The van der Waals surface area contributed by atoms with Crippen LogP contribution in [0.5, 0.6) is 0 Å². The lowest BCUT2D eigenvalue weighted by atomic mass is 10.0. The second-order valence-electron chi connectivity index (χ2n) is 6.98. The van der Waals surface area contributed by atoms with Crippen molar-refractivity contribution in [2.45, 2.75) is 26.3 Å². The Morgan fingerprint density at radius 1 is 1.11 bits per heavy atom. The maximum absolute atomic E-state index is 14.3. The number of halogens is 2. The lowest BCUT2D eigenvalue weighted by molar-refractivity contribution is 0.177. The Bertz CT molecular complexity index is 947. The second kappa shape index (κ2) is 7.23. The van der Waals surface area contributed by atoms with Gasteiger partial charge in [0.25, 0.3) is 0 Å². The molecule has 0 N–H and O–H groups in total. The molecule has 1 aromatic carbocycles. The minimum absolute atomic E-state index is 0.0475. The van der Waals surface area contributed by atoms with E-state index in [1.54, 1.807) is 12.3 Å². The van der Waals surface area contributed by atoms with Gasteiger partial charge in [0.15, 0.2) is 5.82 Å². The first kappa shape index (κ1) is 17.9. The fourth-order valence-electron chi connectivity index (χ4n) is 3.97. The van der Waals surface area contributed by atoms with E-state index in [2.05, 4.69) is 19.9 Å². The molecular weight excluding hydrogens is 348 g/mol. The molecule has 0 aliphatic carbocycles. The highest BCUT2D eigenvalue weighted by Gasteiger charge is 2.27. The molecule has 0 bridgehead atoms. The van der Waals surface area contributed by atoms with Gasteiger partial charge >= 0.3 is 0 Å². The molecule has 3 aromatic rings. The molecule has 2 aromatic heterocycles. The molecule has 1 aliphatic heterocycles. The minimum Gasteiger partial charge on any atom is -0.352 e. The number of aryl methyl sites for hydroxylation is 1. The van der Waals surface area contributed by atoms with Gasteiger partial charge in [-0.15, -0.1) is 0 Å². The summed E-state index contributed by atoms with van der Waals surface area (Å²) >= 11 is 0. The summed E-state index contributed by atoms with van der Waals surface area (Å²) in [5.74, 6) is -0.0737. The van der Waals surface area contributed by atoms with Gasteiger partial charge in [0.2, 0.25) is 0 Å². The van der Waals surface area contributed by atoms with Crippen LogP contribution in [0.25, 0.3) is 5.52 Å². The van der Waals surface area contributed by atoms with Crippen molar-refractivity contribution in [1.82, 2.24) is 19.5 Å². The van der Waals surface area contributed by atoms with Crippen molar-refractivity contribution in [3.8, 4) is 0 Å². The van der Waals surface area contributed by atoms with E-state index in [0.717, 1.165) is 55.7 Å². The zero-order chi connectivity index (χ0) is 19.0. The van der Waals surface area contributed by atoms with Crippen LogP contribution in [0.1, 0.15) is 30.6 Å². The molecule has 4 rings (SSSR count). The standard InChI is InChI=1S/C20H23F2N5/c1-3-18(16-5-4-15(21)13-17(16)22)25-8-10-26(11-9-25)20-19-12-14(2)24-27(19)7-6-23-20/h4-7,12-13,18H,3,8-11H2,1-2H3. The fourth-order valence-corrected chi connectivity index (χ4v) is 3.97. The van der Waals surface area contributed by atoms with E-state index in [9.17, 15) is 8.78 Å². The number of aromatic nitrogens is 3. The lowest BCUT2D eigenvalue weighted by Gasteiger charge is -2.39. The maximum atomic E-state index is 14.3. The zero-order valence-corrected chi connectivity index (χ0v) is 15.6. The summed E-state index contributed by atoms with van der Waals surface area (Å²) in [5.41, 5.74) is 2.53. The molecule has 0 saturated carbocycles. The van der Waals surface area contributed by atoms with Crippen LogP contribution >= 0.6 is 0 Å². The van der Waals surface area contributed by atoms with Gasteiger partial charge in [0, 0.05) is 56.2 Å². The molecule has 1 unspecified atom stereocenters. The first-order valence-corrected chi connectivity index (χ1v) is 9.31. The van der Waals surface area contributed by atoms with Crippen LogP contribution < -0.4 is 4.90 Å². The molecule has 0 amide bonds. The number of rotatable bonds is 4. The van der Waals surface area contributed by atoms with Crippen molar-refractivity contribution >= 4 is 11.3 Å². The van der Waals surface area contributed by atoms with Gasteiger partial charge < -0.3 is 4.90 Å². The molecule has 142 valence electrons. The molecule has 1 saturated heterocycles. The molecule has 5 nitrogen and oxygen atoms in total.